The number of sulfonamides is 1. The number of hydrogen-bond donors (Lipinski definition) is 0. The van der Waals surface area contributed by atoms with Gasteiger partial charge in [0.05, 0.1) is 22.6 Å². The molecule has 1 saturated heterocycles. The van der Waals surface area contributed by atoms with E-state index in [0.29, 0.717) is 13.1 Å². The zero-order valence-electron chi connectivity index (χ0n) is 17.8. The van der Waals surface area contributed by atoms with E-state index in [1.165, 1.54) is 10.6 Å². The molecule has 0 aliphatic carbocycles. The normalized spacial score (nSPS) is 15.9. The minimum atomic E-state index is -3.56. The monoisotopic (exact) mass is 469 g/mol. The van der Waals surface area contributed by atoms with Crippen molar-refractivity contribution in [2.45, 2.75) is 30.7 Å². The van der Waals surface area contributed by atoms with Crippen molar-refractivity contribution in [2.24, 2.45) is 7.05 Å². The molecule has 0 spiro atoms. The topological polar surface area (TPSA) is 94.1 Å². The van der Waals surface area contributed by atoms with Gasteiger partial charge in [0, 0.05) is 43.2 Å². The van der Waals surface area contributed by atoms with Crippen molar-refractivity contribution in [1.82, 2.24) is 24.0 Å². The van der Waals surface area contributed by atoms with Gasteiger partial charge in [-0.2, -0.15) is 4.31 Å². The lowest BCUT2D eigenvalue weighted by atomic mass is 9.99. The Morgan fingerprint density at radius 2 is 1.91 bits per heavy atom. The van der Waals surface area contributed by atoms with Crippen LogP contribution in [0.4, 0.5) is 0 Å². The van der Waals surface area contributed by atoms with E-state index >= 15 is 0 Å². The van der Waals surface area contributed by atoms with Crippen molar-refractivity contribution in [3.63, 3.8) is 0 Å². The Balaban J connectivity index is 1.34. The Morgan fingerprint density at radius 1 is 1.16 bits per heavy atom. The quantitative estimate of drug-likeness (QED) is 0.437. The molecule has 0 atom stereocenters. The van der Waals surface area contributed by atoms with Crippen LogP contribution in [0.25, 0.3) is 22.5 Å². The number of rotatable bonds is 5. The lowest BCUT2D eigenvalue weighted by Crippen LogP contribution is -2.38. The van der Waals surface area contributed by atoms with Crippen molar-refractivity contribution >= 4 is 21.4 Å². The van der Waals surface area contributed by atoms with Gasteiger partial charge >= 0.3 is 0 Å². The van der Waals surface area contributed by atoms with Crippen molar-refractivity contribution in [1.29, 1.82) is 0 Å². The Bertz CT molecular complexity index is 1330. The van der Waals surface area contributed by atoms with Crippen LogP contribution < -0.4 is 0 Å². The first-order valence-corrected chi connectivity index (χ1v) is 12.7. The number of imidazole rings is 1. The molecule has 10 heteroatoms. The van der Waals surface area contributed by atoms with Gasteiger partial charge in [0.2, 0.25) is 0 Å². The van der Waals surface area contributed by atoms with Gasteiger partial charge in [-0.1, -0.05) is 35.5 Å². The standard InChI is InChI=1S/C22H23N5O3S2/c1-15-20(21(25-30-15)16-6-4-3-5-7-16)18-13-31-22(24-18)17-8-10-27(11-9-17)32(28,29)19-12-26(2)14-23-19/h3-7,12-14,17H,8-11H2,1-2H3. The zero-order valence-corrected chi connectivity index (χ0v) is 19.4. The largest absolute Gasteiger partial charge is 0.360 e. The van der Waals surface area contributed by atoms with Crippen LogP contribution in [0.5, 0.6) is 0 Å². The van der Waals surface area contributed by atoms with Crippen LogP contribution in [0.3, 0.4) is 0 Å². The Kier molecular flexibility index (Phi) is 5.44. The molecule has 0 saturated carbocycles. The van der Waals surface area contributed by atoms with Gasteiger partial charge in [-0.3, -0.25) is 0 Å². The fourth-order valence-electron chi connectivity index (χ4n) is 4.05. The maximum absolute atomic E-state index is 12.8. The lowest BCUT2D eigenvalue weighted by molar-refractivity contribution is 0.318. The van der Waals surface area contributed by atoms with E-state index in [1.807, 2.05) is 42.6 Å². The number of aryl methyl sites for hydroxylation is 2. The summed E-state index contributed by atoms with van der Waals surface area (Å²) in [6.07, 6.45) is 4.51. The van der Waals surface area contributed by atoms with E-state index in [1.54, 1.807) is 29.1 Å². The second-order valence-corrected chi connectivity index (χ2v) is 10.7. The summed E-state index contributed by atoms with van der Waals surface area (Å²) in [5, 5.41) is 7.43. The molecule has 1 aliphatic heterocycles. The molecule has 5 rings (SSSR count). The van der Waals surface area contributed by atoms with E-state index < -0.39 is 10.0 Å². The third-order valence-electron chi connectivity index (χ3n) is 5.78. The fourth-order valence-corrected chi connectivity index (χ4v) is 6.47. The summed E-state index contributed by atoms with van der Waals surface area (Å²) in [5.41, 5.74) is 3.54. The maximum atomic E-state index is 12.8. The van der Waals surface area contributed by atoms with E-state index in [-0.39, 0.29) is 10.9 Å². The van der Waals surface area contributed by atoms with E-state index in [0.717, 1.165) is 46.1 Å². The van der Waals surface area contributed by atoms with Crippen LogP contribution in [0.1, 0.15) is 29.5 Å². The Labute approximate surface area is 190 Å². The molecule has 1 aromatic carbocycles. The SMILES string of the molecule is Cc1onc(-c2ccccc2)c1-c1csc(C2CCN(S(=O)(=O)c3cn(C)cn3)CC2)n1. The molecule has 0 amide bonds. The van der Waals surface area contributed by atoms with Crippen LogP contribution in [-0.4, -0.2) is 45.5 Å². The minimum absolute atomic E-state index is 0.103. The predicted octanol–water partition coefficient (Wildman–Crippen LogP) is 4.08. The highest BCUT2D eigenvalue weighted by atomic mass is 32.2. The molecular weight excluding hydrogens is 446 g/mol. The van der Waals surface area contributed by atoms with Gasteiger partial charge in [0.25, 0.3) is 10.0 Å². The molecular formula is C22H23N5O3S2. The summed E-state index contributed by atoms with van der Waals surface area (Å²) < 4.78 is 34.3. The van der Waals surface area contributed by atoms with Crippen LogP contribution in [0.15, 0.2) is 57.8 Å². The molecule has 0 unspecified atom stereocenters. The first-order chi connectivity index (χ1) is 15.4. The fraction of sp³-hybridized carbons (Fsp3) is 0.318. The molecule has 4 aromatic rings. The van der Waals surface area contributed by atoms with Crippen LogP contribution >= 0.6 is 11.3 Å². The Morgan fingerprint density at radius 3 is 2.59 bits per heavy atom. The first kappa shape index (κ1) is 21.0. The van der Waals surface area contributed by atoms with Crippen LogP contribution in [0, 0.1) is 6.92 Å². The predicted molar refractivity (Wildman–Crippen MR) is 122 cm³/mol. The van der Waals surface area contributed by atoms with E-state index in [9.17, 15) is 8.42 Å². The minimum Gasteiger partial charge on any atom is -0.360 e. The molecule has 32 heavy (non-hydrogen) atoms. The van der Waals surface area contributed by atoms with Crippen molar-refractivity contribution in [3.8, 4) is 22.5 Å². The summed E-state index contributed by atoms with van der Waals surface area (Å²) in [7, 11) is -1.79. The van der Waals surface area contributed by atoms with Gasteiger partial charge in [0.1, 0.15) is 11.5 Å². The van der Waals surface area contributed by atoms with Crippen LogP contribution in [-0.2, 0) is 17.1 Å². The van der Waals surface area contributed by atoms with Crippen molar-refractivity contribution in [2.75, 3.05) is 13.1 Å². The molecule has 8 nitrogen and oxygen atoms in total. The number of thiazole rings is 1. The average molecular weight is 470 g/mol. The lowest BCUT2D eigenvalue weighted by Gasteiger charge is -2.29. The highest BCUT2D eigenvalue weighted by molar-refractivity contribution is 7.89. The smallest absolute Gasteiger partial charge is 0.262 e. The first-order valence-electron chi connectivity index (χ1n) is 10.4. The van der Waals surface area contributed by atoms with Crippen molar-refractivity contribution < 1.29 is 12.9 Å². The number of benzene rings is 1. The maximum Gasteiger partial charge on any atom is 0.262 e. The summed E-state index contributed by atoms with van der Waals surface area (Å²) in [6, 6.07) is 9.93. The van der Waals surface area contributed by atoms with E-state index in [2.05, 4.69) is 10.1 Å². The summed E-state index contributed by atoms with van der Waals surface area (Å²) in [6.45, 7) is 2.81. The molecule has 3 aromatic heterocycles. The second-order valence-electron chi connectivity index (χ2n) is 7.96. The third kappa shape index (κ3) is 3.78. The highest BCUT2D eigenvalue weighted by Gasteiger charge is 2.32. The number of aromatic nitrogens is 4. The highest BCUT2D eigenvalue weighted by Crippen LogP contribution is 2.38. The van der Waals surface area contributed by atoms with Crippen LogP contribution in [0.2, 0.25) is 0 Å². The molecule has 0 bridgehead atoms. The molecule has 1 aliphatic rings. The summed E-state index contributed by atoms with van der Waals surface area (Å²) in [5.74, 6) is 0.959. The molecule has 4 heterocycles. The van der Waals surface area contributed by atoms with Gasteiger partial charge in [-0.05, 0) is 19.8 Å². The molecule has 0 radical (unpaired) electrons. The average Bonchev–Trinajstić information content (AvgIpc) is 3.54. The number of piperidine rings is 1. The summed E-state index contributed by atoms with van der Waals surface area (Å²) in [4.78, 5) is 8.93. The Hall–Kier alpha value is -2.82. The molecule has 0 N–H and O–H groups in total. The van der Waals surface area contributed by atoms with E-state index in [4.69, 9.17) is 9.51 Å². The van der Waals surface area contributed by atoms with Gasteiger partial charge < -0.3 is 9.09 Å². The number of nitrogens with zero attached hydrogens (tertiary/aromatic N) is 5. The van der Waals surface area contributed by atoms with Gasteiger partial charge in [-0.25, -0.2) is 18.4 Å². The van der Waals surface area contributed by atoms with Crippen molar-refractivity contribution in [3.05, 3.63) is 59.0 Å². The summed E-state index contributed by atoms with van der Waals surface area (Å²) >= 11 is 1.61. The van der Waals surface area contributed by atoms with Gasteiger partial charge in [0.15, 0.2) is 5.03 Å². The van der Waals surface area contributed by atoms with Gasteiger partial charge in [-0.15, -0.1) is 11.3 Å². The second kappa shape index (κ2) is 8.27. The third-order valence-corrected chi connectivity index (χ3v) is 8.57. The number of hydrogen-bond acceptors (Lipinski definition) is 7. The zero-order chi connectivity index (χ0) is 22.3. The molecule has 1 fully saturated rings. The molecule has 166 valence electrons.